The fourth-order valence-corrected chi connectivity index (χ4v) is 2.27. The van der Waals surface area contributed by atoms with Gasteiger partial charge in [-0.15, -0.1) is 0 Å². The van der Waals surface area contributed by atoms with Gasteiger partial charge in [0.2, 0.25) is 0 Å². The summed E-state index contributed by atoms with van der Waals surface area (Å²) in [5.41, 5.74) is 0. The Morgan fingerprint density at radius 3 is 1.33 bits per heavy atom. The lowest BCUT2D eigenvalue weighted by molar-refractivity contribution is -0.177. The van der Waals surface area contributed by atoms with Crippen molar-refractivity contribution in [2.45, 2.75) is 25.7 Å². The molecule has 24 heavy (non-hydrogen) atoms. The summed E-state index contributed by atoms with van der Waals surface area (Å²) < 4.78 is 63.2. The van der Waals surface area contributed by atoms with Gasteiger partial charge in [0, 0.05) is 26.2 Å². The normalized spacial score (nSPS) is 17.6. The number of nitrogens with zero attached hydrogens (tertiary/aromatic N) is 2. The Kier molecular flexibility index (Phi) is 7.40. The van der Waals surface area contributed by atoms with Crippen LogP contribution in [0.1, 0.15) is 13.8 Å². The van der Waals surface area contributed by atoms with Crippen molar-refractivity contribution in [1.82, 2.24) is 9.80 Å². The van der Waals surface area contributed by atoms with Crippen molar-refractivity contribution in [2.24, 2.45) is 0 Å². The number of hydrogen-bond acceptors (Lipinski definition) is 6. The quantitative estimate of drug-likeness (QED) is 0.477. The highest BCUT2D eigenvalue weighted by molar-refractivity contribution is 5.78. The number of halogens is 4. The fourth-order valence-electron chi connectivity index (χ4n) is 2.27. The molecular weight excluding hydrogens is 336 g/mol. The van der Waals surface area contributed by atoms with E-state index in [1.54, 1.807) is 0 Å². The summed E-state index contributed by atoms with van der Waals surface area (Å²) in [6.45, 7) is 1.22. The highest BCUT2D eigenvalue weighted by Crippen LogP contribution is 2.21. The topological polar surface area (TPSA) is 59.1 Å². The summed E-state index contributed by atoms with van der Waals surface area (Å²) in [7, 11) is 0. The molecular formula is C14H22F4N2O4. The van der Waals surface area contributed by atoms with Crippen LogP contribution in [0, 0.1) is 0 Å². The second-order valence-electron chi connectivity index (χ2n) is 5.40. The highest BCUT2D eigenvalue weighted by Gasteiger charge is 2.45. The molecule has 6 nitrogen and oxygen atoms in total. The molecule has 1 aliphatic rings. The van der Waals surface area contributed by atoms with E-state index in [-0.39, 0.29) is 39.4 Å². The van der Waals surface area contributed by atoms with Gasteiger partial charge >= 0.3 is 23.8 Å². The molecule has 1 aliphatic heterocycles. The van der Waals surface area contributed by atoms with Gasteiger partial charge in [-0.3, -0.25) is 9.80 Å². The van der Waals surface area contributed by atoms with E-state index < -0.39 is 36.9 Å². The first kappa shape index (κ1) is 20.6. The van der Waals surface area contributed by atoms with E-state index in [9.17, 15) is 27.2 Å². The van der Waals surface area contributed by atoms with Gasteiger partial charge < -0.3 is 9.47 Å². The van der Waals surface area contributed by atoms with E-state index in [1.165, 1.54) is 23.6 Å². The van der Waals surface area contributed by atoms with E-state index in [0.717, 1.165) is 0 Å². The summed E-state index contributed by atoms with van der Waals surface area (Å²) in [5, 5.41) is 0. The molecule has 1 rings (SSSR count). The first-order valence-corrected chi connectivity index (χ1v) is 7.67. The van der Waals surface area contributed by atoms with Crippen molar-refractivity contribution < 1.29 is 36.6 Å². The van der Waals surface area contributed by atoms with Crippen LogP contribution < -0.4 is 0 Å². The van der Waals surface area contributed by atoms with Gasteiger partial charge in [0.1, 0.15) is 0 Å². The number of esters is 2. The minimum atomic E-state index is -3.65. The Bertz CT molecular complexity index is 400. The molecule has 0 bridgehead atoms. The second kappa shape index (κ2) is 8.61. The minimum Gasteiger partial charge on any atom is -0.462 e. The van der Waals surface area contributed by atoms with Crippen LogP contribution in [-0.4, -0.2) is 86.1 Å². The molecule has 0 unspecified atom stereocenters. The maximum atomic E-state index is 13.6. The Hall–Kier alpha value is -1.42. The SMILES string of the molecule is CCOC(=O)C(F)(F)CN1CCN(CC(F)(F)C(=O)OCC)CC1. The van der Waals surface area contributed by atoms with Gasteiger partial charge in [-0.2, -0.15) is 17.6 Å². The predicted octanol–water partition coefficient (Wildman–Crippen LogP) is 1.00. The van der Waals surface area contributed by atoms with Crippen LogP contribution in [0.3, 0.4) is 0 Å². The van der Waals surface area contributed by atoms with Gasteiger partial charge in [0.15, 0.2) is 0 Å². The molecule has 0 spiro atoms. The molecule has 1 heterocycles. The summed E-state index contributed by atoms with van der Waals surface area (Å²) >= 11 is 0. The molecule has 0 amide bonds. The molecule has 0 aliphatic carbocycles. The van der Waals surface area contributed by atoms with Crippen LogP contribution in [0.25, 0.3) is 0 Å². The summed E-state index contributed by atoms with van der Waals surface area (Å²) in [6, 6.07) is 0. The maximum absolute atomic E-state index is 13.6. The third-order valence-electron chi connectivity index (χ3n) is 3.46. The van der Waals surface area contributed by atoms with Gasteiger partial charge in [-0.05, 0) is 13.8 Å². The molecule has 0 aromatic carbocycles. The summed E-state index contributed by atoms with van der Waals surface area (Å²) in [5.74, 6) is -10.5. The number of carbonyl (C=O) groups excluding carboxylic acids is 2. The van der Waals surface area contributed by atoms with Crippen molar-refractivity contribution in [3.05, 3.63) is 0 Å². The number of rotatable bonds is 8. The third kappa shape index (κ3) is 5.90. The van der Waals surface area contributed by atoms with Gasteiger partial charge in [-0.25, -0.2) is 9.59 Å². The molecule has 140 valence electrons. The number of piperazine rings is 1. The van der Waals surface area contributed by atoms with Crippen molar-refractivity contribution in [1.29, 1.82) is 0 Å². The summed E-state index contributed by atoms with van der Waals surface area (Å²) in [6.07, 6.45) is 0. The van der Waals surface area contributed by atoms with Crippen LogP contribution in [0.5, 0.6) is 0 Å². The first-order chi connectivity index (χ1) is 11.1. The average molecular weight is 358 g/mol. The van der Waals surface area contributed by atoms with E-state index in [2.05, 4.69) is 9.47 Å². The van der Waals surface area contributed by atoms with E-state index in [0.29, 0.717) is 0 Å². The van der Waals surface area contributed by atoms with Crippen LogP contribution >= 0.6 is 0 Å². The fraction of sp³-hybridized carbons (Fsp3) is 0.857. The zero-order chi connectivity index (χ0) is 18.4. The zero-order valence-electron chi connectivity index (χ0n) is 13.7. The smallest absolute Gasteiger partial charge is 0.378 e. The maximum Gasteiger partial charge on any atom is 0.378 e. The van der Waals surface area contributed by atoms with E-state index in [1.807, 2.05) is 0 Å². The lowest BCUT2D eigenvalue weighted by Gasteiger charge is -2.36. The Morgan fingerprint density at radius 2 is 1.08 bits per heavy atom. The van der Waals surface area contributed by atoms with Crippen LogP contribution in [0.2, 0.25) is 0 Å². The molecule has 0 saturated carbocycles. The number of carbonyl (C=O) groups is 2. The van der Waals surface area contributed by atoms with Gasteiger partial charge in [0.05, 0.1) is 26.3 Å². The van der Waals surface area contributed by atoms with Crippen LogP contribution in [0.4, 0.5) is 17.6 Å². The van der Waals surface area contributed by atoms with Gasteiger partial charge in [-0.1, -0.05) is 0 Å². The highest BCUT2D eigenvalue weighted by atomic mass is 19.3. The molecule has 0 aromatic heterocycles. The lowest BCUT2D eigenvalue weighted by Crippen LogP contribution is -2.54. The van der Waals surface area contributed by atoms with E-state index >= 15 is 0 Å². The molecule has 1 fully saturated rings. The van der Waals surface area contributed by atoms with Gasteiger partial charge in [0.25, 0.3) is 0 Å². The largest absolute Gasteiger partial charge is 0.462 e. The van der Waals surface area contributed by atoms with Crippen molar-refractivity contribution >= 4 is 11.9 Å². The molecule has 0 radical (unpaired) electrons. The Labute approximate surface area is 137 Å². The average Bonchev–Trinajstić information content (AvgIpc) is 2.49. The van der Waals surface area contributed by atoms with Crippen molar-refractivity contribution in [3.8, 4) is 0 Å². The Balaban J connectivity index is 2.46. The molecule has 1 saturated heterocycles. The third-order valence-corrected chi connectivity index (χ3v) is 3.46. The van der Waals surface area contributed by atoms with Crippen LogP contribution in [0.15, 0.2) is 0 Å². The number of ether oxygens (including phenoxy) is 2. The van der Waals surface area contributed by atoms with Crippen molar-refractivity contribution in [2.75, 3.05) is 52.5 Å². The predicted molar refractivity (Wildman–Crippen MR) is 76.0 cm³/mol. The van der Waals surface area contributed by atoms with E-state index in [4.69, 9.17) is 0 Å². The van der Waals surface area contributed by atoms with Crippen LogP contribution in [-0.2, 0) is 19.1 Å². The monoisotopic (exact) mass is 358 g/mol. The number of hydrogen-bond donors (Lipinski definition) is 0. The summed E-state index contributed by atoms with van der Waals surface area (Å²) in [4.78, 5) is 24.9. The minimum absolute atomic E-state index is 0.0773. The first-order valence-electron chi connectivity index (χ1n) is 7.67. The van der Waals surface area contributed by atoms with Crippen molar-refractivity contribution in [3.63, 3.8) is 0 Å². The molecule has 10 heteroatoms. The lowest BCUT2D eigenvalue weighted by atomic mass is 10.2. The second-order valence-corrected chi connectivity index (χ2v) is 5.40. The standard InChI is InChI=1S/C14H22F4N2O4/c1-3-23-11(21)13(15,16)9-19-5-7-20(8-6-19)10-14(17,18)12(22)24-4-2/h3-10H2,1-2H3. The molecule has 0 N–H and O–H groups in total. The Morgan fingerprint density at radius 1 is 0.792 bits per heavy atom. The molecule has 0 aromatic rings. The molecule has 0 atom stereocenters. The number of alkyl halides is 4. The zero-order valence-corrected chi connectivity index (χ0v) is 13.7.